The highest BCUT2D eigenvalue weighted by Crippen LogP contribution is 2.50. The van der Waals surface area contributed by atoms with E-state index in [4.69, 9.17) is 0 Å². The van der Waals surface area contributed by atoms with E-state index in [-0.39, 0.29) is 6.85 Å². The van der Waals surface area contributed by atoms with E-state index in [2.05, 4.69) is 172 Å². The number of nitrogens with zero attached hydrogens (tertiary/aromatic N) is 5. The normalized spacial score (nSPS) is 15.2. The Morgan fingerprint density at radius 3 is 1.30 bits per heavy atom. The first-order valence-electron chi connectivity index (χ1n) is 16.1. The molecule has 0 aliphatic carbocycles. The predicted molar refractivity (Wildman–Crippen MR) is 195 cm³/mol. The van der Waals surface area contributed by atoms with Gasteiger partial charge in [0.1, 0.15) is 0 Å². The van der Waals surface area contributed by atoms with Crippen LogP contribution in [0.15, 0.2) is 133 Å². The summed E-state index contributed by atoms with van der Waals surface area (Å²) in [6.45, 7) is 1.72. The van der Waals surface area contributed by atoms with Gasteiger partial charge in [0.2, 0.25) is 0 Å². The highest BCUT2D eigenvalue weighted by molar-refractivity contribution is 6.92. The Labute approximate surface area is 270 Å². The molecule has 4 aliphatic rings. The van der Waals surface area contributed by atoms with Crippen LogP contribution in [0.2, 0.25) is 0 Å². The lowest BCUT2D eigenvalue weighted by atomic mass is 9.43. The van der Waals surface area contributed by atoms with E-state index >= 15 is 0 Å². The van der Waals surface area contributed by atoms with Gasteiger partial charge in [-0.2, -0.15) is 0 Å². The SMILES string of the molecule is CN1CN(c2ccc3c(c2)N2B(c4ccccc4-3)c3ccccc3-c3ccc(N4CN(C)c5ccccc54)cc32)c2ccccc21. The average molecular weight is 594 g/mol. The van der Waals surface area contributed by atoms with Gasteiger partial charge >= 0.3 is 6.85 Å². The summed E-state index contributed by atoms with van der Waals surface area (Å²) in [6, 6.07) is 49.6. The quantitative estimate of drug-likeness (QED) is 0.191. The number of rotatable bonds is 2. The molecule has 0 saturated heterocycles. The minimum atomic E-state index is 0.0694. The monoisotopic (exact) mass is 593 g/mol. The number of para-hydroxylation sites is 4. The largest absolute Gasteiger partial charge is 0.376 e. The lowest BCUT2D eigenvalue weighted by Crippen LogP contribution is -2.59. The molecule has 6 aromatic rings. The van der Waals surface area contributed by atoms with Gasteiger partial charge in [0.15, 0.2) is 0 Å². The van der Waals surface area contributed by atoms with Gasteiger partial charge < -0.3 is 24.4 Å². The zero-order chi connectivity index (χ0) is 30.5. The molecule has 0 bridgehead atoms. The lowest BCUT2D eigenvalue weighted by molar-refractivity contribution is 0.949. The molecule has 0 unspecified atom stereocenters. The van der Waals surface area contributed by atoms with E-state index in [1.165, 1.54) is 78.7 Å². The number of anilines is 8. The summed E-state index contributed by atoms with van der Waals surface area (Å²) in [5.74, 6) is 0. The summed E-state index contributed by atoms with van der Waals surface area (Å²) < 4.78 is 0. The molecule has 4 heterocycles. The van der Waals surface area contributed by atoms with Gasteiger partial charge in [-0.3, -0.25) is 0 Å². The van der Waals surface area contributed by atoms with Crippen LogP contribution >= 0.6 is 0 Å². The van der Waals surface area contributed by atoms with Gasteiger partial charge in [-0.1, -0.05) is 84.9 Å². The van der Waals surface area contributed by atoms with Crippen LogP contribution in [0.1, 0.15) is 0 Å². The van der Waals surface area contributed by atoms with E-state index in [0.717, 1.165) is 13.3 Å². The van der Waals surface area contributed by atoms with E-state index in [1.807, 2.05) is 0 Å². The summed E-state index contributed by atoms with van der Waals surface area (Å²) in [6.07, 6.45) is 0. The highest BCUT2D eigenvalue weighted by atomic mass is 15.4. The zero-order valence-electron chi connectivity index (χ0n) is 25.9. The van der Waals surface area contributed by atoms with Crippen molar-refractivity contribution in [3.05, 3.63) is 133 Å². The van der Waals surface area contributed by atoms with E-state index in [9.17, 15) is 0 Å². The summed E-state index contributed by atoms with van der Waals surface area (Å²) in [5, 5.41) is 0. The van der Waals surface area contributed by atoms with Gasteiger partial charge in [-0.25, -0.2) is 0 Å². The van der Waals surface area contributed by atoms with Crippen molar-refractivity contribution in [1.29, 1.82) is 0 Å². The van der Waals surface area contributed by atoms with Crippen LogP contribution in [0, 0.1) is 0 Å². The molecule has 0 amide bonds. The van der Waals surface area contributed by atoms with Crippen LogP contribution in [0.4, 0.5) is 45.5 Å². The van der Waals surface area contributed by atoms with Crippen molar-refractivity contribution in [2.24, 2.45) is 0 Å². The summed E-state index contributed by atoms with van der Waals surface area (Å²) in [5.41, 5.74) is 17.8. The Kier molecular flexibility index (Phi) is 5.27. The van der Waals surface area contributed by atoms with Crippen molar-refractivity contribution >= 4 is 63.3 Å². The van der Waals surface area contributed by atoms with Gasteiger partial charge in [0.05, 0.1) is 36.1 Å². The fraction of sp³-hybridized carbons (Fsp3) is 0.100. The average Bonchev–Trinajstić information content (AvgIpc) is 3.64. The second-order valence-corrected chi connectivity index (χ2v) is 12.9. The highest BCUT2D eigenvalue weighted by Gasteiger charge is 2.43. The predicted octanol–water partition coefficient (Wildman–Crippen LogP) is 7.68. The molecule has 46 heavy (non-hydrogen) atoms. The maximum Gasteiger partial charge on any atom is 0.329 e. The smallest absolute Gasteiger partial charge is 0.329 e. The van der Waals surface area contributed by atoms with E-state index in [0.29, 0.717) is 0 Å². The molecule has 4 aliphatic heterocycles. The molecule has 10 rings (SSSR count). The lowest BCUT2D eigenvalue weighted by Gasteiger charge is -2.44. The third-order valence-electron chi connectivity index (χ3n) is 10.3. The topological polar surface area (TPSA) is 16.2 Å². The molecule has 0 fully saturated rings. The third-order valence-corrected chi connectivity index (χ3v) is 10.3. The van der Waals surface area contributed by atoms with Crippen molar-refractivity contribution < 1.29 is 0 Å². The Balaban J connectivity index is 1.21. The van der Waals surface area contributed by atoms with Gasteiger partial charge in [-0.05, 0) is 70.6 Å². The molecule has 0 N–H and O–H groups in total. The Morgan fingerprint density at radius 2 is 0.826 bits per heavy atom. The molecule has 220 valence electrons. The molecule has 6 heteroatoms. The Hall–Kier alpha value is -5.62. The van der Waals surface area contributed by atoms with Crippen molar-refractivity contribution in [1.82, 2.24) is 0 Å². The Morgan fingerprint density at radius 1 is 0.413 bits per heavy atom. The number of hydrogen-bond acceptors (Lipinski definition) is 5. The van der Waals surface area contributed by atoms with Crippen LogP contribution in [-0.2, 0) is 0 Å². The standard InChI is InChI=1S/C40H32BN5/c1-42-25-44(37-17-9-7-15-35(37)42)27-19-21-31-29-11-3-5-13-33(29)41-34-14-6-4-12-30(34)32-22-20-28(24-40(32)46(41)39(31)23-27)45-26-43(2)36-16-8-10-18-38(36)45/h3-24H,25-26H2,1-2H3. The zero-order valence-corrected chi connectivity index (χ0v) is 25.9. The number of fused-ring (bicyclic) bond motifs is 13. The van der Waals surface area contributed by atoms with Crippen molar-refractivity contribution in [3.63, 3.8) is 0 Å². The van der Waals surface area contributed by atoms with E-state index in [1.54, 1.807) is 0 Å². The molecule has 0 spiro atoms. The number of benzene rings is 6. The van der Waals surface area contributed by atoms with Gasteiger partial charge in [0, 0.05) is 48.0 Å². The fourth-order valence-corrected chi connectivity index (χ4v) is 8.25. The maximum atomic E-state index is 2.62. The van der Waals surface area contributed by atoms with Crippen LogP contribution in [0.3, 0.4) is 0 Å². The maximum absolute atomic E-state index is 2.62. The van der Waals surface area contributed by atoms with Crippen LogP contribution in [-0.4, -0.2) is 34.3 Å². The molecule has 0 radical (unpaired) electrons. The van der Waals surface area contributed by atoms with E-state index < -0.39 is 0 Å². The van der Waals surface area contributed by atoms with Crippen LogP contribution in [0.25, 0.3) is 22.3 Å². The molecular weight excluding hydrogens is 561 g/mol. The summed E-state index contributed by atoms with van der Waals surface area (Å²) in [7, 11) is 4.35. The van der Waals surface area contributed by atoms with Crippen molar-refractivity contribution in [3.8, 4) is 22.3 Å². The van der Waals surface area contributed by atoms with Crippen LogP contribution in [0.5, 0.6) is 0 Å². The summed E-state index contributed by atoms with van der Waals surface area (Å²) >= 11 is 0. The molecular formula is C40H32BN5. The second-order valence-electron chi connectivity index (χ2n) is 12.9. The fourth-order valence-electron chi connectivity index (χ4n) is 8.25. The Bertz CT molecular complexity index is 2060. The summed E-state index contributed by atoms with van der Waals surface area (Å²) in [4.78, 5) is 12.2. The first-order valence-corrected chi connectivity index (χ1v) is 16.1. The molecule has 0 saturated carbocycles. The first kappa shape index (κ1) is 25.7. The molecule has 0 atom stereocenters. The minimum Gasteiger partial charge on any atom is -0.376 e. The molecule has 6 aromatic carbocycles. The van der Waals surface area contributed by atoms with Crippen LogP contribution < -0.4 is 35.3 Å². The van der Waals surface area contributed by atoms with Crippen molar-refractivity contribution in [2.45, 2.75) is 0 Å². The first-order chi connectivity index (χ1) is 22.7. The molecule has 5 nitrogen and oxygen atoms in total. The minimum absolute atomic E-state index is 0.0694. The van der Waals surface area contributed by atoms with Gasteiger partial charge in [-0.15, -0.1) is 0 Å². The van der Waals surface area contributed by atoms with Crippen molar-refractivity contribution in [2.75, 3.05) is 51.8 Å². The molecule has 0 aromatic heterocycles. The number of hydrogen-bond donors (Lipinski definition) is 0. The second kappa shape index (κ2) is 9.44. The third kappa shape index (κ3) is 3.47. The van der Waals surface area contributed by atoms with Gasteiger partial charge in [0.25, 0.3) is 0 Å².